The molecule has 1 atom stereocenters. The van der Waals surface area contributed by atoms with Gasteiger partial charge in [0, 0.05) is 50.7 Å². The fourth-order valence-electron chi connectivity index (χ4n) is 5.37. The minimum atomic E-state index is 0.197. The number of carbonyl (C=O) groups excluding carboxylic acids is 1. The van der Waals surface area contributed by atoms with E-state index in [1.54, 1.807) is 0 Å². The smallest absolute Gasteiger partial charge is 0.225 e. The van der Waals surface area contributed by atoms with Crippen LogP contribution in [0.2, 0.25) is 0 Å². The van der Waals surface area contributed by atoms with Crippen molar-refractivity contribution in [1.29, 1.82) is 0 Å². The minimum Gasteiger partial charge on any atom is -0.381 e. The molecule has 3 saturated heterocycles. The van der Waals surface area contributed by atoms with E-state index in [4.69, 9.17) is 4.74 Å². The molecule has 1 aromatic rings. The van der Waals surface area contributed by atoms with Crippen LogP contribution in [0, 0.1) is 11.3 Å². The summed E-state index contributed by atoms with van der Waals surface area (Å²) in [6, 6.07) is 9.16. The fraction of sp³-hybridized carbons (Fsp3) is 0.708. The van der Waals surface area contributed by atoms with Crippen LogP contribution in [-0.2, 0) is 16.1 Å². The fourth-order valence-corrected chi connectivity index (χ4v) is 5.37. The Morgan fingerprint density at radius 2 is 1.86 bits per heavy atom. The van der Waals surface area contributed by atoms with Crippen LogP contribution in [0.25, 0.3) is 0 Å². The second-order valence-corrected chi connectivity index (χ2v) is 9.61. The van der Waals surface area contributed by atoms with Gasteiger partial charge in [0.25, 0.3) is 0 Å². The lowest BCUT2D eigenvalue weighted by atomic mass is 9.79. The summed E-state index contributed by atoms with van der Waals surface area (Å²) in [5.74, 6) is 1.18. The monoisotopic (exact) mass is 384 g/mol. The first-order chi connectivity index (χ1) is 13.5. The average molecular weight is 385 g/mol. The maximum absolute atomic E-state index is 12.9. The lowest BCUT2D eigenvalue weighted by Gasteiger charge is -2.40. The molecule has 0 N–H and O–H groups in total. The SMILES string of the molecule is CC(C)c1ccc(CN2CCCC3(CCN(C(=O)C4CCOCC4)C3)C2)cc1. The molecule has 154 valence electrons. The van der Waals surface area contributed by atoms with E-state index in [9.17, 15) is 4.79 Å². The van der Waals surface area contributed by atoms with Gasteiger partial charge in [-0.15, -0.1) is 0 Å². The van der Waals surface area contributed by atoms with Crippen molar-refractivity contribution in [3.05, 3.63) is 35.4 Å². The Labute approximate surface area is 170 Å². The zero-order chi connectivity index (χ0) is 19.6. The van der Waals surface area contributed by atoms with Crippen molar-refractivity contribution in [2.75, 3.05) is 39.4 Å². The summed E-state index contributed by atoms with van der Waals surface area (Å²) in [4.78, 5) is 17.7. The van der Waals surface area contributed by atoms with Crippen molar-refractivity contribution in [2.45, 2.75) is 58.4 Å². The predicted molar refractivity (Wildman–Crippen MR) is 112 cm³/mol. The van der Waals surface area contributed by atoms with Crippen LogP contribution in [0.15, 0.2) is 24.3 Å². The predicted octanol–water partition coefficient (Wildman–Crippen LogP) is 4.05. The lowest BCUT2D eigenvalue weighted by molar-refractivity contribution is -0.138. The Hall–Kier alpha value is -1.39. The highest BCUT2D eigenvalue weighted by atomic mass is 16.5. The van der Waals surface area contributed by atoms with E-state index < -0.39 is 0 Å². The molecule has 0 aromatic heterocycles. The highest BCUT2D eigenvalue weighted by Gasteiger charge is 2.43. The zero-order valence-electron chi connectivity index (χ0n) is 17.7. The molecular formula is C24H36N2O2. The van der Waals surface area contributed by atoms with Crippen molar-refractivity contribution in [1.82, 2.24) is 9.80 Å². The summed E-state index contributed by atoms with van der Waals surface area (Å²) < 4.78 is 5.44. The van der Waals surface area contributed by atoms with Crippen molar-refractivity contribution in [3.63, 3.8) is 0 Å². The van der Waals surface area contributed by atoms with Crippen LogP contribution < -0.4 is 0 Å². The van der Waals surface area contributed by atoms with Crippen LogP contribution in [0.3, 0.4) is 0 Å². The number of ether oxygens (including phenoxy) is 1. The minimum absolute atomic E-state index is 0.197. The third kappa shape index (κ3) is 4.44. The normalized spacial score (nSPS) is 27.0. The van der Waals surface area contributed by atoms with Gasteiger partial charge in [0.1, 0.15) is 0 Å². The second-order valence-electron chi connectivity index (χ2n) is 9.61. The summed E-state index contributed by atoms with van der Waals surface area (Å²) in [5.41, 5.74) is 3.14. The summed E-state index contributed by atoms with van der Waals surface area (Å²) in [6.07, 6.45) is 5.50. The molecule has 3 aliphatic rings. The quantitative estimate of drug-likeness (QED) is 0.785. The molecule has 1 unspecified atom stereocenters. The molecular weight excluding hydrogens is 348 g/mol. The number of carbonyl (C=O) groups is 1. The zero-order valence-corrected chi connectivity index (χ0v) is 17.7. The third-order valence-electron chi connectivity index (χ3n) is 7.11. The Balaban J connectivity index is 1.34. The van der Waals surface area contributed by atoms with Gasteiger partial charge in [0.05, 0.1) is 0 Å². The van der Waals surface area contributed by atoms with E-state index in [-0.39, 0.29) is 5.92 Å². The second kappa shape index (κ2) is 8.54. The molecule has 1 aromatic carbocycles. The molecule has 3 heterocycles. The number of rotatable bonds is 4. The van der Waals surface area contributed by atoms with Crippen LogP contribution in [0.1, 0.15) is 63.0 Å². The van der Waals surface area contributed by atoms with Gasteiger partial charge in [0.15, 0.2) is 0 Å². The van der Waals surface area contributed by atoms with Crippen molar-refractivity contribution < 1.29 is 9.53 Å². The number of amides is 1. The van der Waals surface area contributed by atoms with Crippen LogP contribution >= 0.6 is 0 Å². The topological polar surface area (TPSA) is 32.8 Å². The Bertz CT molecular complexity index is 666. The highest BCUT2D eigenvalue weighted by Crippen LogP contribution is 2.40. The molecule has 4 heteroatoms. The maximum Gasteiger partial charge on any atom is 0.225 e. The van der Waals surface area contributed by atoms with E-state index in [1.807, 2.05) is 0 Å². The molecule has 0 aliphatic carbocycles. The lowest BCUT2D eigenvalue weighted by Crippen LogP contribution is -2.45. The number of nitrogens with zero attached hydrogens (tertiary/aromatic N) is 2. The van der Waals surface area contributed by atoms with Gasteiger partial charge in [-0.05, 0) is 55.7 Å². The molecule has 3 aliphatic heterocycles. The maximum atomic E-state index is 12.9. The molecule has 0 saturated carbocycles. The van der Waals surface area contributed by atoms with Crippen molar-refractivity contribution in [2.24, 2.45) is 11.3 Å². The van der Waals surface area contributed by atoms with E-state index in [0.29, 0.717) is 17.2 Å². The number of benzene rings is 1. The molecule has 0 radical (unpaired) electrons. The molecule has 1 amide bonds. The highest BCUT2D eigenvalue weighted by molar-refractivity contribution is 5.79. The molecule has 28 heavy (non-hydrogen) atoms. The van der Waals surface area contributed by atoms with Crippen LogP contribution in [-0.4, -0.2) is 55.1 Å². The number of likely N-dealkylation sites (tertiary alicyclic amines) is 2. The summed E-state index contributed by atoms with van der Waals surface area (Å²) in [7, 11) is 0. The number of piperidine rings is 1. The van der Waals surface area contributed by atoms with Crippen LogP contribution in [0.4, 0.5) is 0 Å². The van der Waals surface area contributed by atoms with E-state index in [1.165, 1.54) is 36.9 Å². The van der Waals surface area contributed by atoms with Gasteiger partial charge < -0.3 is 9.64 Å². The first kappa shape index (κ1) is 19.9. The molecule has 4 nitrogen and oxygen atoms in total. The molecule has 4 rings (SSSR count). The van der Waals surface area contributed by atoms with Crippen LogP contribution in [0.5, 0.6) is 0 Å². The average Bonchev–Trinajstić information content (AvgIpc) is 3.11. The number of hydrogen-bond donors (Lipinski definition) is 0. The standard InChI is InChI=1S/C24H36N2O2/c1-19(2)21-6-4-20(5-7-21)16-25-12-3-10-24(17-25)11-13-26(18-24)23(27)22-8-14-28-15-9-22/h4-7,19,22H,3,8-18H2,1-2H3. The van der Waals surface area contributed by atoms with Gasteiger partial charge in [-0.2, -0.15) is 0 Å². The van der Waals surface area contributed by atoms with Crippen molar-refractivity contribution >= 4 is 5.91 Å². The van der Waals surface area contributed by atoms with Gasteiger partial charge >= 0.3 is 0 Å². The van der Waals surface area contributed by atoms with Crippen molar-refractivity contribution in [3.8, 4) is 0 Å². The Kier molecular flexibility index (Phi) is 6.07. The van der Waals surface area contributed by atoms with Gasteiger partial charge in [-0.3, -0.25) is 9.69 Å². The first-order valence-electron chi connectivity index (χ1n) is 11.2. The third-order valence-corrected chi connectivity index (χ3v) is 7.11. The van der Waals surface area contributed by atoms with E-state index in [0.717, 1.165) is 52.2 Å². The summed E-state index contributed by atoms with van der Waals surface area (Å²) >= 11 is 0. The van der Waals surface area contributed by atoms with E-state index in [2.05, 4.69) is 47.9 Å². The summed E-state index contributed by atoms with van der Waals surface area (Å²) in [6.45, 7) is 11.3. The summed E-state index contributed by atoms with van der Waals surface area (Å²) in [5, 5.41) is 0. The molecule has 3 fully saturated rings. The Morgan fingerprint density at radius 1 is 1.11 bits per heavy atom. The molecule has 1 spiro atoms. The van der Waals surface area contributed by atoms with Gasteiger partial charge in [-0.25, -0.2) is 0 Å². The number of hydrogen-bond acceptors (Lipinski definition) is 3. The van der Waals surface area contributed by atoms with Gasteiger partial charge in [0.2, 0.25) is 5.91 Å². The van der Waals surface area contributed by atoms with E-state index >= 15 is 0 Å². The molecule has 0 bridgehead atoms. The largest absolute Gasteiger partial charge is 0.381 e. The first-order valence-corrected chi connectivity index (χ1v) is 11.2. The van der Waals surface area contributed by atoms with Gasteiger partial charge in [-0.1, -0.05) is 38.1 Å². The Morgan fingerprint density at radius 3 is 2.57 bits per heavy atom.